The molecule has 0 spiro atoms. The largest absolute Gasteiger partial charge is 0.465 e. The summed E-state index contributed by atoms with van der Waals surface area (Å²) in [5, 5.41) is 2.89. The highest BCUT2D eigenvalue weighted by molar-refractivity contribution is 9.10. The average molecular weight is 404 g/mol. The number of esters is 1. The number of ether oxygens (including phenoxy) is 1. The Bertz CT molecular complexity index is 794. The maximum Gasteiger partial charge on any atom is 0.365 e. The molecule has 3 rings (SSSR count). The van der Waals surface area contributed by atoms with Gasteiger partial charge < -0.3 is 15.0 Å². The highest BCUT2D eigenvalue weighted by Gasteiger charge is 2.37. The van der Waals surface area contributed by atoms with E-state index < -0.39 is 0 Å². The van der Waals surface area contributed by atoms with Crippen molar-refractivity contribution in [2.45, 2.75) is 19.0 Å². The number of quaternary nitrogens is 1. The maximum atomic E-state index is 12.5. The van der Waals surface area contributed by atoms with Gasteiger partial charge in [0, 0.05) is 22.1 Å². The standard InChI is InChI=1S/C19H19BrN2O3/c1-25-19(24)17-9-13-5-2-3-6-14(13)11-22(17)12-18(23)21-16-8-4-7-15(20)10-16/h2-8,10,17H,9,11-12H2,1H3,(H,21,23)/p+1/t17-/m1/s1. The zero-order valence-electron chi connectivity index (χ0n) is 13.9. The zero-order chi connectivity index (χ0) is 17.8. The van der Waals surface area contributed by atoms with Crippen LogP contribution in [0, 0.1) is 0 Å². The molecule has 2 N–H and O–H groups in total. The fourth-order valence-corrected chi connectivity index (χ4v) is 3.62. The molecule has 2 atom stereocenters. The van der Waals surface area contributed by atoms with Crippen LogP contribution < -0.4 is 10.2 Å². The van der Waals surface area contributed by atoms with E-state index in [1.165, 1.54) is 12.7 Å². The molecule has 0 bridgehead atoms. The summed E-state index contributed by atoms with van der Waals surface area (Å²) >= 11 is 3.39. The number of amides is 1. The van der Waals surface area contributed by atoms with E-state index in [9.17, 15) is 9.59 Å². The first-order chi connectivity index (χ1) is 12.1. The Morgan fingerprint density at radius 3 is 2.68 bits per heavy atom. The number of nitrogens with one attached hydrogen (secondary N) is 2. The molecular weight excluding hydrogens is 384 g/mol. The molecule has 0 saturated heterocycles. The molecule has 1 heterocycles. The molecule has 0 fully saturated rings. The van der Waals surface area contributed by atoms with E-state index in [0.717, 1.165) is 20.6 Å². The second kappa shape index (κ2) is 7.80. The Labute approximate surface area is 155 Å². The molecule has 0 aromatic heterocycles. The summed E-state index contributed by atoms with van der Waals surface area (Å²) in [6.07, 6.45) is 0.586. The number of methoxy groups -OCH3 is 1. The van der Waals surface area contributed by atoms with Gasteiger partial charge in [0.1, 0.15) is 6.54 Å². The van der Waals surface area contributed by atoms with Crippen LogP contribution in [-0.2, 0) is 27.3 Å². The van der Waals surface area contributed by atoms with Crippen molar-refractivity contribution in [2.24, 2.45) is 0 Å². The molecule has 6 heteroatoms. The third-order valence-corrected chi connectivity index (χ3v) is 4.93. The summed E-state index contributed by atoms with van der Waals surface area (Å²) in [6, 6.07) is 15.1. The van der Waals surface area contributed by atoms with E-state index in [0.29, 0.717) is 13.0 Å². The molecule has 130 valence electrons. The van der Waals surface area contributed by atoms with E-state index in [1.54, 1.807) is 0 Å². The number of carbonyl (C=O) groups excluding carboxylic acids is 2. The number of benzene rings is 2. The lowest BCUT2D eigenvalue weighted by atomic mass is 9.94. The van der Waals surface area contributed by atoms with Crippen LogP contribution >= 0.6 is 15.9 Å². The summed E-state index contributed by atoms with van der Waals surface area (Å²) < 4.78 is 5.85. The van der Waals surface area contributed by atoms with Gasteiger partial charge in [-0.05, 0) is 23.8 Å². The van der Waals surface area contributed by atoms with Gasteiger partial charge in [0.05, 0.1) is 7.11 Å². The number of fused-ring (bicyclic) bond motifs is 1. The zero-order valence-corrected chi connectivity index (χ0v) is 15.5. The van der Waals surface area contributed by atoms with Crippen molar-refractivity contribution >= 4 is 33.5 Å². The quantitative estimate of drug-likeness (QED) is 0.761. The van der Waals surface area contributed by atoms with Crippen LogP contribution in [-0.4, -0.2) is 31.6 Å². The van der Waals surface area contributed by atoms with Crippen LogP contribution in [0.2, 0.25) is 0 Å². The Morgan fingerprint density at radius 1 is 1.20 bits per heavy atom. The van der Waals surface area contributed by atoms with Gasteiger partial charge in [-0.15, -0.1) is 0 Å². The third-order valence-electron chi connectivity index (χ3n) is 4.43. The van der Waals surface area contributed by atoms with Crippen molar-refractivity contribution in [3.8, 4) is 0 Å². The molecule has 0 aliphatic carbocycles. The van der Waals surface area contributed by atoms with Crippen molar-refractivity contribution in [1.29, 1.82) is 0 Å². The fraction of sp³-hybridized carbons (Fsp3) is 0.263. The molecule has 1 amide bonds. The molecule has 2 aromatic carbocycles. The minimum atomic E-state index is -0.367. The first-order valence-corrected chi connectivity index (χ1v) is 8.90. The number of carbonyl (C=O) groups is 2. The highest BCUT2D eigenvalue weighted by atomic mass is 79.9. The summed E-state index contributed by atoms with van der Waals surface area (Å²) in [5.41, 5.74) is 3.05. The van der Waals surface area contributed by atoms with Gasteiger partial charge in [0.15, 0.2) is 12.6 Å². The second-order valence-electron chi connectivity index (χ2n) is 6.12. The van der Waals surface area contributed by atoms with Crippen molar-refractivity contribution in [3.05, 3.63) is 64.1 Å². The second-order valence-corrected chi connectivity index (χ2v) is 7.03. The fourth-order valence-electron chi connectivity index (χ4n) is 3.22. The summed E-state index contributed by atoms with van der Waals surface area (Å²) in [6.45, 7) is 0.836. The lowest BCUT2D eigenvalue weighted by molar-refractivity contribution is -0.924. The number of hydrogen-bond donors (Lipinski definition) is 2. The predicted octanol–water partition coefficient (Wildman–Crippen LogP) is 1.57. The van der Waals surface area contributed by atoms with Gasteiger partial charge in [-0.25, -0.2) is 4.79 Å². The SMILES string of the molecule is COC(=O)[C@H]1Cc2ccccc2C[NH+]1CC(=O)Nc1cccc(Br)c1. The number of hydrogen-bond acceptors (Lipinski definition) is 3. The van der Waals surface area contributed by atoms with Crippen molar-refractivity contribution in [1.82, 2.24) is 0 Å². The van der Waals surface area contributed by atoms with Crippen LogP contribution in [0.3, 0.4) is 0 Å². The number of halogens is 1. The minimum absolute atomic E-state index is 0.124. The van der Waals surface area contributed by atoms with Crippen molar-refractivity contribution in [2.75, 3.05) is 19.0 Å². The minimum Gasteiger partial charge on any atom is -0.465 e. The Kier molecular flexibility index (Phi) is 5.50. The maximum absolute atomic E-state index is 12.5. The Balaban J connectivity index is 1.74. The Morgan fingerprint density at radius 2 is 1.96 bits per heavy atom. The van der Waals surface area contributed by atoms with Crippen molar-refractivity contribution in [3.63, 3.8) is 0 Å². The smallest absolute Gasteiger partial charge is 0.365 e. The lowest BCUT2D eigenvalue weighted by Gasteiger charge is -2.31. The van der Waals surface area contributed by atoms with Crippen LogP contribution in [0.15, 0.2) is 53.0 Å². The molecule has 1 aliphatic rings. The van der Waals surface area contributed by atoms with E-state index in [2.05, 4.69) is 27.3 Å². The third kappa shape index (κ3) is 4.27. The summed E-state index contributed by atoms with van der Waals surface area (Å²) in [4.78, 5) is 25.6. The van der Waals surface area contributed by atoms with Gasteiger partial charge in [-0.2, -0.15) is 0 Å². The van der Waals surface area contributed by atoms with E-state index in [1.807, 2.05) is 42.5 Å². The summed E-state index contributed by atoms with van der Waals surface area (Å²) in [7, 11) is 1.39. The van der Waals surface area contributed by atoms with Crippen LogP contribution in [0.25, 0.3) is 0 Å². The number of anilines is 1. The highest BCUT2D eigenvalue weighted by Crippen LogP contribution is 2.16. The van der Waals surface area contributed by atoms with Gasteiger partial charge in [0.2, 0.25) is 0 Å². The van der Waals surface area contributed by atoms with Crippen LogP contribution in [0.4, 0.5) is 5.69 Å². The molecule has 25 heavy (non-hydrogen) atoms. The lowest BCUT2D eigenvalue weighted by Crippen LogP contribution is -3.17. The topological polar surface area (TPSA) is 59.8 Å². The monoisotopic (exact) mass is 403 g/mol. The molecule has 5 nitrogen and oxygen atoms in total. The molecule has 1 unspecified atom stereocenters. The first-order valence-electron chi connectivity index (χ1n) is 8.11. The van der Waals surface area contributed by atoms with Gasteiger partial charge in [0.25, 0.3) is 5.91 Å². The molecule has 0 radical (unpaired) electrons. The van der Waals surface area contributed by atoms with E-state index in [4.69, 9.17) is 4.74 Å². The molecular formula is C19H20BrN2O3+. The number of rotatable bonds is 4. The first kappa shape index (κ1) is 17.6. The van der Waals surface area contributed by atoms with E-state index in [-0.39, 0.29) is 24.5 Å². The van der Waals surface area contributed by atoms with Gasteiger partial charge in [-0.1, -0.05) is 46.3 Å². The van der Waals surface area contributed by atoms with Crippen LogP contribution in [0.1, 0.15) is 11.1 Å². The van der Waals surface area contributed by atoms with Gasteiger partial charge in [-0.3, -0.25) is 4.79 Å². The molecule has 0 saturated carbocycles. The average Bonchev–Trinajstić information content (AvgIpc) is 2.60. The molecule has 2 aromatic rings. The molecule has 1 aliphatic heterocycles. The van der Waals surface area contributed by atoms with Gasteiger partial charge >= 0.3 is 5.97 Å². The van der Waals surface area contributed by atoms with Crippen molar-refractivity contribution < 1.29 is 19.2 Å². The Hall–Kier alpha value is -2.18. The predicted molar refractivity (Wildman–Crippen MR) is 98.3 cm³/mol. The normalized spacial score (nSPS) is 19.0. The van der Waals surface area contributed by atoms with E-state index >= 15 is 0 Å². The summed E-state index contributed by atoms with van der Waals surface area (Å²) in [5.74, 6) is -0.402. The van der Waals surface area contributed by atoms with Crippen LogP contribution in [0.5, 0.6) is 0 Å².